The van der Waals surface area contributed by atoms with Gasteiger partial charge in [-0.3, -0.25) is 4.79 Å². The molecule has 1 aliphatic heterocycles. The third-order valence-electron chi connectivity index (χ3n) is 3.55. The molecule has 1 unspecified atom stereocenters. The van der Waals surface area contributed by atoms with E-state index in [-0.39, 0.29) is 12.3 Å². The van der Waals surface area contributed by atoms with E-state index in [1.165, 1.54) is 0 Å². The molecule has 1 aromatic heterocycles. The fourth-order valence-corrected chi connectivity index (χ4v) is 2.49. The van der Waals surface area contributed by atoms with Gasteiger partial charge in [0, 0.05) is 13.1 Å². The van der Waals surface area contributed by atoms with Crippen molar-refractivity contribution in [2.75, 3.05) is 13.1 Å². The molecule has 2 heterocycles. The van der Waals surface area contributed by atoms with Gasteiger partial charge in [-0.2, -0.15) is 0 Å². The van der Waals surface area contributed by atoms with E-state index < -0.39 is 6.10 Å². The number of fused-ring (bicyclic) bond motifs is 1. The van der Waals surface area contributed by atoms with E-state index in [1.54, 1.807) is 0 Å². The lowest BCUT2D eigenvalue weighted by Crippen LogP contribution is -2.29. The Bertz CT molecular complexity index is 554. The van der Waals surface area contributed by atoms with Gasteiger partial charge in [0.05, 0.1) is 17.5 Å². The van der Waals surface area contributed by atoms with Gasteiger partial charge in [-0.25, -0.2) is 4.98 Å². The van der Waals surface area contributed by atoms with Gasteiger partial charge in [0.25, 0.3) is 0 Å². The third kappa shape index (κ3) is 2.46. The van der Waals surface area contributed by atoms with Crippen LogP contribution in [0.1, 0.15) is 31.2 Å². The lowest BCUT2D eigenvalue weighted by Gasteiger charge is -2.16. The molecule has 100 valence electrons. The zero-order valence-electron chi connectivity index (χ0n) is 10.7. The zero-order chi connectivity index (χ0) is 13.2. The predicted molar refractivity (Wildman–Crippen MR) is 71.5 cm³/mol. The van der Waals surface area contributed by atoms with Crippen molar-refractivity contribution < 1.29 is 9.90 Å². The Morgan fingerprint density at radius 3 is 2.84 bits per heavy atom. The van der Waals surface area contributed by atoms with E-state index in [4.69, 9.17) is 0 Å². The van der Waals surface area contributed by atoms with Crippen molar-refractivity contribution in [2.24, 2.45) is 0 Å². The zero-order valence-corrected chi connectivity index (χ0v) is 10.7. The smallest absolute Gasteiger partial charge is 0.225 e. The Labute approximate surface area is 111 Å². The molecule has 1 amide bonds. The highest BCUT2D eigenvalue weighted by atomic mass is 16.3. The lowest BCUT2D eigenvalue weighted by atomic mass is 10.2. The van der Waals surface area contributed by atoms with Crippen molar-refractivity contribution in [1.82, 2.24) is 14.9 Å². The summed E-state index contributed by atoms with van der Waals surface area (Å²) in [7, 11) is 0. The standard InChI is InChI=1S/C14H17N3O2/c18-12(9-13(19)17-7-3-4-8-17)14-15-10-5-1-2-6-11(10)16-14/h1-2,5-6,12,18H,3-4,7-9H2,(H,15,16). The maximum absolute atomic E-state index is 12.0. The first-order valence-corrected chi connectivity index (χ1v) is 6.64. The van der Waals surface area contributed by atoms with E-state index in [0.717, 1.165) is 37.0 Å². The van der Waals surface area contributed by atoms with E-state index in [1.807, 2.05) is 29.2 Å². The number of aromatic amines is 1. The number of aliphatic hydroxyl groups is 1. The van der Waals surface area contributed by atoms with E-state index in [9.17, 15) is 9.90 Å². The topological polar surface area (TPSA) is 69.2 Å². The number of amides is 1. The quantitative estimate of drug-likeness (QED) is 0.879. The summed E-state index contributed by atoms with van der Waals surface area (Å²) in [4.78, 5) is 21.2. The van der Waals surface area contributed by atoms with E-state index in [2.05, 4.69) is 9.97 Å². The number of para-hydroxylation sites is 2. The van der Waals surface area contributed by atoms with Crippen LogP contribution in [-0.4, -0.2) is 39.0 Å². The maximum atomic E-state index is 12.0. The lowest BCUT2D eigenvalue weighted by molar-refractivity contribution is -0.132. The number of aromatic nitrogens is 2. The SMILES string of the molecule is O=C(CC(O)c1nc2ccccc2[nH]1)N1CCCC1. The summed E-state index contributed by atoms with van der Waals surface area (Å²) in [5.41, 5.74) is 1.69. The van der Waals surface area contributed by atoms with Crippen LogP contribution in [0.2, 0.25) is 0 Å². The normalized spacial score (nSPS) is 17.0. The van der Waals surface area contributed by atoms with Gasteiger partial charge in [0.15, 0.2) is 0 Å². The highest BCUT2D eigenvalue weighted by Gasteiger charge is 2.23. The largest absolute Gasteiger partial charge is 0.385 e. The average Bonchev–Trinajstić information content (AvgIpc) is 3.07. The molecule has 1 fully saturated rings. The molecule has 5 heteroatoms. The van der Waals surface area contributed by atoms with Crippen LogP contribution in [0.25, 0.3) is 11.0 Å². The molecule has 1 saturated heterocycles. The Morgan fingerprint density at radius 1 is 1.37 bits per heavy atom. The number of carbonyl (C=O) groups is 1. The third-order valence-corrected chi connectivity index (χ3v) is 3.55. The summed E-state index contributed by atoms with van der Waals surface area (Å²) in [6.07, 6.45) is 1.36. The average molecular weight is 259 g/mol. The number of aliphatic hydroxyl groups excluding tert-OH is 1. The minimum absolute atomic E-state index is 0.00505. The molecule has 5 nitrogen and oxygen atoms in total. The van der Waals surface area contributed by atoms with E-state index >= 15 is 0 Å². The second-order valence-corrected chi connectivity index (χ2v) is 4.95. The molecule has 0 radical (unpaired) electrons. The van der Waals surface area contributed by atoms with Crippen LogP contribution in [0.15, 0.2) is 24.3 Å². The number of H-pyrrole nitrogens is 1. The molecule has 1 aliphatic rings. The number of hydrogen-bond acceptors (Lipinski definition) is 3. The number of carbonyl (C=O) groups excluding carboxylic acids is 1. The highest BCUT2D eigenvalue weighted by Crippen LogP contribution is 2.20. The molecule has 0 spiro atoms. The van der Waals surface area contributed by atoms with Crippen molar-refractivity contribution in [3.8, 4) is 0 Å². The van der Waals surface area contributed by atoms with Crippen LogP contribution in [0, 0.1) is 0 Å². The number of imidazole rings is 1. The van der Waals surface area contributed by atoms with Gasteiger partial charge in [0.1, 0.15) is 11.9 Å². The minimum atomic E-state index is -0.861. The van der Waals surface area contributed by atoms with Gasteiger partial charge in [0.2, 0.25) is 5.91 Å². The summed E-state index contributed by atoms with van der Waals surface area (Å²) in [5, 5.41) is 10.1. The fourth-order valence-electron chi connectivity index (χ4n) is 2.49. The number of nitrogens with zero attached hydrogens (tertiary/aromatic N) is 2. The molecule has 3 rings (SSSR count). The fraction of sp³-hybridized carbons (Fsp3) is 0.429. The van der Waals surface area contributed by atoms with Gasteiger partial charge in [-0.15, -0.1) is 0 Å². The van der Waals surface area contributed by atoms with Crippen LogP contribution in [0.5, 0.6) is 0 Å². The Hall–Kier alpha value is -1.88. The highest BCUT2D eigenvalue weighted by molar-refractivity contribution is 5.78. The van der Waals surface area contributed by atoms with Crippen molar-refractivity contribution in [1.29, 1.82) is 0 Å². The van der Waals surface area contributed by atoms with Crippen LogP contribution in [-0.2, 0) is 4.79 Å². The summed E-state index contributed by atoms with van der Waals surface area (Å²) < 4.78 is 0. The second-order valence-electron chi connectivity index (χ2n) is 4.95. The van der Waals surface area contributed by atoms with Crippen LogP contribution in [0.3, 0.4) is 0 Å². The first kappa shape index (κ1) is 12.2. The Morgan fingerprint density at radius 2 is 2.11 bits per heavy atom. The molecule has 2 N–H and O–H groups in total. The number of rotatable bonds is 3. The molecule has 0 aliphatic carbocycles. The van der Waals surface area contributed by atoms with Gasteiger partial charge in [-0.1, -0.05) is 12.1 Å². The number of benzene rings is 1. The maximum Gasteiger partial charge on any atom is 0.225 e. The molecule has 1 atom stereocenters. The number of likely N-dealkylation sites (tertiary alicyclic amines) is 1. The molecule has 19 heavy (non-hydrogen) atoms. The van der Waals surface area contributed by atoms with Gasteiger partial charge < -0.3 is 15.0 Å². The van der Waals surface area contributed by atoms with Crippen molar-refractivity contribution >= 4 is 16.9 Å². The number of hydrogen-bond donors (Lipinski definition) is 2. The first-order valence-electron chi connectivity index (χ1n) is 6.64. The predicted octanol–water partition coefficient (Wildman–Crippen LogP) is 1.61. The molecule has 2 aromatic rings. The van der Waals surface area contributed by atoms with Crippen molar-refractivity contribution in [2.45, 2.75) is 25.4 Å². The first-order chi connectivity index (χ1) is 9.24. The summed E-state index contributed by atoms with van der Waals surface area (Å²) in [6, 6.07) is 7.59. The minimum Gasteiger partial charge on any atom is -0.385 e. The Balaban J connectivity index is 1.72. The summed E-state index contributed by atoms with van der Waals surface area (Å²) in [5.74, 6) is 0.471. The summed E-state index contributed by atoms with van der Waals surface area (Å²) in [6.45, 7) is 1.62. The van der Waals surface area contributed by atoms with Crippen LogP contribution in [0.4, 0.5) is 0 Å². The molecular weight excluding hydrogens is 242 g/mol. The molecule has 1 aromatic carbocycles. The van der Waals surface area contributed by atoms with Gasteiger partial charge >= 0.3 is 0 Å². The van der Waals surface area contributed by atoms with E-state index in [0.29, 0.717) is 5.82 Å². The van der Waals surface area contributed by atoms with Crippen LogP contribution < -0.4 is 0 Å². The van der Waals surface area contributed by atoms with Crippen molar-refractivity contribution in [3.63, 3.8) is 0 Å². The second kappa shape index (κ2) is 5.01. The molecule has 0 bridgehead atoms. The van der Waals surface area contributed by atoms with Gasteiger partial charge in [-0.05, 0) is 25.0 Å². The monoisotopic (exact) mass is 259 g/mol. The van der Waals surface area contributed by atoms with Crippen LogP contribution >= 0.6 is 0 Å². The summed E-state index contributed by atoms with van der Waals surface area (Å²) >= 11 is 0. The number of nitrogens with one attached hydrogen (secondary N) is 1. The van der Waals surface area contributed by atoms with Crippen molar-refractivity contribution in [3.05, 3.63) is 30.1 Å². The Kier molecular flexibility index (Phi) is 3.21. The molecular formula is C14H17N3O2. The molecule has 0 saturated carbocycles.